The van der Waals surface area contributed by atoms with E-state index in [1.165, 1.54) is 18.5 Å². The van der Waals surface area contributed by atoms with Gasteiger partial charge < -0.3 is 26.3 Å². The van der Waals surface area contributed by atoms with Crippen molar-refractivity contribution in [3.63, 3.8) is 0 Å². The molecule has 0 aliphatic carbocycles. The monoisotopic (exact) mass is 440 g/mol. The summed E-state index contributed by atoms with van der Waals surface area (Å²) in [6.45, 7) is 8.65. The number of nitrogens with zero attached hydrogens (tertiary/aromatic N) is 4. The van der Waals surface area contributed by atoms with Gasteiger partial charge in [0.25, 0.3) is 0 Å². The van der Waals surface area contributed by atoms with Crippen LogP contribution >= 0.6 is 0 Å². The van der Waals surface area contributed by atoms with Gasteiger partial charge in [0, 0.05) is 44.3 Å². The SMILES string of the molecule is Cc1nc(NC/C(C=N)=C/NCc2ccc(F)nc2)nc2c1NC(=O)[C@H](C(C)(C)C)N2C. The van der Waals surface area contributed by atoms with Crippen molar-refractivity contribution in [1.29, 1.82) is 5.41 Å². The number of amides is 1. The summed E-state index contributed by atoms with van der Waals surface area (Å²) in [5.41, 5.74) is 2.50. The molecule has 2 aromatic rings. The van der Waals surface area contributed by atoms with Gasteiger partial charge in [-0.1, -0.05) is 26.8 Å². The van der Waals surface area contributed by atoms with Gasteiger partial charge in [-0.25, -0.2) is 9.97 Å². The average Bonchev–Trinajstić information content (AvgIpc) is 2.72. The molecule has 1 atom stereocenters. The minimum Gasteiger partial charge on any atom is -0.386 e. The molecule has 3 heterocycles. The summed E-state index contributed by atoms with van der Waals surface area (Å²) >= 11 is 0. The van der Waals surface area contributed by atoms with E-state index in [1.54, 1.807) is 12.3 Å². The standard InChI is InChI=1S/C22H29FN8O/c1-13-17-19(31(5)18(20(32)29-17)22(2,3)4)30-21(28-13)27-12-15(8-24)10-25-9-14-6-7-16(23)26-11-14/h6-8,10-11,18,24-25H,9,12H2,1-5H3,(H,29,32)(H,27,28,30)/b15-10+,24-8?/t18-/m1/s1. The van der Waals surface area contributed by atoms with Gasteiger partial charge in [0.15, 0.2) is 5.82 Å². The predicted octanol–water partition coefficient (Wildman–Crippen LogP) is 2.86. The quantitative estimate of drug-likeness (QED) is 0.386. The maximum absolute atomic E-state index is 12.9. The molecule has 0 aromatic carbocycles. The number of carbonyl (C=O) groups excluding carboxylic acids is 1. The van der Waals surface area contributed by atoms with Crippen LogP contribution in [-0.4, -0.2) is 46.7 Å². The molecule has 1 amide bonds. The van der Waals surface area contributed by atoms with Crippen molar-refractivity contribution in [1.82, 2.24) is 20.3 Å². The zero-order chi connectivity index (χ0) is 23.5. The minimum atomic E-state index is -0.520. The number of hydrogen-bond donors (Lipinski definition) is 4. The zero-order valence-corrected chi connectivity index (χ0v) is 19.0. The Morgan fingerprint density at radius 1 is 1.34 bits per heavy atom. The Morgan fingerprint density at radius 3 is 2.72 bits per heavy atom. The fourth-order valence-corrected chi connectivity index (χ4v) is 3.64. The van der Waals surface area contributed by atoms with Crippen molar-refractivity contribution < 1.29 is 9.18 Å². The van der Waals surface area contributed by atoms with E-state index >= 15 is 0 Å². The van der Waals surface area contributed by atoms with E-state index in [1.807, 2.05) is 39.6 Å². The van der Waals surface area contributed by atoms with E-state index in [2.05, 4.69) is 30.9 Å². The van der Waals surface area contributed by atoms with Crippen LogP contribution in [0, 0.1) is 23.7 Å². The first-order valence-electron chi connectivity index (χ1n) is 10.3. The smallest absolute Gasteiger partial charge is 0.247 e. The van der Waals surface area contributed by atoms with E-state index in [9.17, 15) is 9.18 Å². The predicted molar refractivity (Wildman–Crippen MR) is 123 cm³/mol. The second kappa shape index (κ2) is 9.29. The molecule has 0 unspecified atom stereocenters. The third-order valence-corrected chi connectivity index (χ3v) is 5.13. The molecule has 9 nitrogen and oxygen atoms in total. The number of aromatic nitrogens is 3. The van der Waals surface area contributed by atoms with Crippen LogP contribution in [0.1, 0.15) is 32.0 Å². The number of likely N-dealkylation sites (N-methyl/N-ethyl adjacent to an activating group) is 1. The van der Waals surface area contributed by atoms with Crippen LogP contribution in [0.3, 0.4) is 0 Å². The van der Waals surface area contributed by atoms with E-state index in [4.69, 9.17) is 5.41 Å². The Balaban J connectivity index is 1.70. The lowest BCUT2D eigenvalue weighted by Crippen LogP contribution is -2.53. The first-order chi connectivity index (χ1) is 15.1. The Kier molecular flexibility index (Phi) is 6.71. The molecule has 0 saturated heterocycles. The molecule has 1 aliphatic heterocycles. The van der Waals surface area contributed by atoms with Crippen LogP contribution in [0.15, 0.2) is 30.1 Å². The summed E-state index contributed by atoms with van der Waals surface area (Å²) in [5, 5.41) is 16.8. The number of carbonyl (C=O) groups is 1. The minimum absolute atomic E-state index is 0.0728. The fourth-order valence-electron chi connectivity index (χ4n) is 3.64. The van der Waals surface area contributed by atoms with Gasteiger partial charge in [-0.3, -0.25) is 4.79 Å². The lowest BCUT2D eigenvalue weighted by molar-refractivity contribution is -0.119. The van der Waals surface area contributed by atoms with Crippen LogP contribution in [0.4, 0.5) is 21.8 Å². The topological polar surface area (TPSA) is 119 Å². The number of aryl methyl sites for hydroxylation is 1. The molecule has 10 heteroatoms. The number of anilines is 3. The molecule has 4 N–H and O–H groups in total. The highest BCUT2D eigenvalue weighted by Gasteiger charge is 2.40. The van der Waals surface area contributed by atoms with Gasteiger partial charge >= 0.3 is 0 Å². The van der Waals surface area contributed by atoms with Crippen LogP contribution in [0.25, 0.3) is 0 Å². The van der Waals surface area contributed by atoms with Crippen molar-refractivity contribution in [2.75, 3.05) is 29.1 Å². The summed E-state index contributed by atoms with van der Waals surface area (Å²) < 4.78 is 12.9. The van der Waals surface area contributed by atoms with Crippen LogP contribution in [0.5, 0.6) is 0 Å². The molecule has 0 saturated carbocycles. The van der Waals surface area contributed by atoms with E-state index < -0.39 is 5.95 Å². The largest absolute Gasteiger partial charge is 0.386 e. The van der Waals surface area contributed by atoms with Crippen LogP contribution in [-0.2, 0) is 11.3 Å². The molecule has 32 heavy (non-hydrogen) atoms. The third-order valence-electron chi connectivity index (χ3n) is 5.13. The molecule has 0 bridgehead atoms. The first kappa shape index (κ1) is 23.1. The van der Waals surface area contributed by atoms with E-state index in [0.717, 1.165) is 5.56 Å². The van der Waals surface area contributed by atoms with E-state index in [0.29, 0.717) is 41.8 Å². The molecule has 0 fully saturated rings. The van der Waals surface area contributed by atoms with Gasteiger partial charge in [0.05, 0.1) is 5.69 Å². The van der Waals surface area contributed by atoms with Crippen molar-refractivity contribution in [3.8, 4) is 0 Å². The summed E-state index contributed by atoms with van der Waals surface area (Å²) in [7, 11) is 1.86. The Hall–Kier alpha value is -3.56. The lowest BCUT2D eigenvalue weighted by Gasteiger charge is -2.41. The highest BCUT2D eigenvalue weighted by molar-refractivity contribution is 6.03. The van der Waals surface area contributed by atoms with Gasteiger partial charge in [-0.2, -0.15) is 9.37 Å². The summed E-state index contributed by atoms with van der Waals surface area (Å²) in [6.07, 6.45) is 4.40. The van der Waals surface area contributed by atoms with Crippen molar-refractivity contribution in [2.24, 2.45) is 5.41 Å². The van der Waals surface area contributed by atoms with Gasteiger partial charge in [0.2, 0.25) is 17.8 Å². The van der Waals surface area contributed by atoms with Gasteiger partial charge in [-0.15, -0.1) is 0 Å². The Labute approximate surface area is 187 Å². The maximum atomic E-state index is 12.9. The molecule has 170 valence electrons. The third kappa shape index (κ3) is 5.19. The highest BCUT2D eigenvalue weighted by Crippen LogP contribution is 2.37. The molecular formula is C22H29FN8O. The number of fused-ring (bicyclic) bond motifs is 1. The van der Waals surface area contributed by atoms with E-state index in [-0.39, 0.29) is 17.4 Å². The molecule has 0 radical (unpaired) electrons. The van der Waals surface area contributed by atoms with Crippen molar-refractivity contribution >= 4 is 29.6 Å². The number of rotatable bonds is 7. The maximum Gasteiger partial charge on any atom is 0.247 e. The lowest BCUT2D eigenvalue weighted by atomic mass is 9.84. The molecular weight excluding hydrogens is 411 g/mol. The number of halogens is 1. The van der Waals surface area contributed by atoms with Gasteiger partial charge in [0.1, 0.15) is 11.7 Å². The Bertz CT molecular complexity index is 1030. The average molecular weight is 441 g/mol. The molecule has 1 aliphatic rings. The summed E-state index contributed by atoms with van der Waals surface area (Å²) in [5.74, 6) is 0.471. The number of hydrogen-bond acceptors (Lipinski definition) is 8. The second-order valence-corrected chi connectivity index (χ2v) is 8.79. The van der Waals surface area contributed by atoms with Gasteiger partial charge in [-0.05, 0) is 24.0 Å². The summed E-state index contributed by atoms with van der Waals surface area (Å²) in [6, 6.07) is 2.59. The zero-order valence-electron chi connectivity index (χ0n) is 19.0. The van der Waals surface area contributed by atoms with Crippen LogP contribution in [0.2, 0.25) is 0 Å². The summed E-state index contributed by atoms with van der Waals surface area (Å²) in [4.78, 5) is 27.2. The second-order valence-electron chi connectivity index (χ2n) is 8.79. The number of nitrogens with one attached hydrogen (secondary N) is 4. The van der Waals surface area contributed by atoms with Crippen molar-refractivity contribution in [2.45, 2.75) is 40.3 Å². The first-order valence-corrected chi connectivity index (χ1v) is 10.3. The molecule has 0 spiro atoms. The Morgan fingerprint density at radius 2 is 2.09 bits per heavy atom. The van der Waals surface area contributed by atoms with Crippen LogP contribution < -0.4 is 20.9 Å². The normalized spacial score (nSPS) is 16.3. The highest BCUT2D eigenvalue weighted by atomic mass is 19.1. The molecule has 3 rings (SSSR count). The molecule has 2 aromatic heterocycles. The number of pyridine rings is 1. The fraction of sp³-hybridized carbons (Fsp3) is 0.409. The van der Waals surface area contributed by atoms with Crippen molar-refractivity contribution in [3.05, 3.63) is 47.3 Å².